The largest absolute Gasteiger partial charge is 0.444 e. The number of nitrogens with zero attached hydrogens (tertiary/aromatic N) is 5. The van der Waals surface area contributed by atoms with Gasteiger partial charge in [-0.05, 0) is 60.3 Å². The van der Waals surface area contributed by atoms with Crippen molar-refractivity contribution in [3.63, 3.8) is 0 Å². The van der Waals surface area contributed by atoms with Crippen molar-refractivity contribution in [2.75, 3.05) is 13.1 Å². The summed E-state index contributed by atoms with van der Waals surface area (Å²) in [6.45, 7) is 10.5. The lowest BCUT2D eigenvalue weighted by Gasteiger charge is -2.40. The van der Waals surface area contributed by atoms with E-state index in [1.165, 1.54) is 4.57 Å². The molecule has 2 aliphatic rings. The molecule has 2 saturated heterocycles. The number of piperidine rings is 1. The molecule has 2 unspecified atom stereocenters. The molecule has 0 saturated carbocycles. The van der Waals surface area contributed by atoms with Crippen LogP contribution in [-0.2, 0) is 4.74 Å². The lowest BCUT2D eigenvalue weighted by molar-refractivity contribution is 0.00311. The molecule has 0 spiro atoms. The van der Waals surface area contributed by atoms with Gasteiger partial charge in [-0.2, -0.15) is 0 Å². The number of ether oxygens (including phenoxy) is 1. The number of H-pyrrole nitrogens is 1. The van der Waals surface area contributed by atoms with Crippen molar-refractivity contribution in [2.45, 2.75) is 84.0 Å². The van der Waals surface area contributed by atoms with Gasteiger partial charge in [-0.3, -0.25) is 15.2 Å². The standard InChI is InChI=1S/C22H33N7O4/c1-6-26(7-2)19(23)29-18-16(17(30)25-20(29)31)24-12-27(18)15-10-13-8-9-14(11-15)28(13)21(32)33-22(3,4)5/h12-15,23H,6-11H2,1-5H3,(H,25,30,31). The predicted octanol–water partition coefficient (Wildman–Crippen LogP) is 2.11. The van der Waals surface area contributed by atoms with Gasteiger partial charge in [0.15, 0.2) is 11.2 Å². The van der Waals surface area contributed by atoms with E-state index in [-0.39, 0.29) is 35.7 Å². The normalized spacial score (nSPS) is 22.6. The zero-order chi connectivity index (χ0) is 24.1. The van der Waals surface area contributed by atoms with Gasteiger partial charge in [-0.1, -0.05) is 0 Å². The molecule has 11 nitrogen and oxygen atoms in total. The summed E-state index contributed by atoms with van der Waals surface area (Å²) >= 11 is 0. The Kier molecular flexibility index (Phi) is 5.83. The molecular weight excluding hydrogens is 426 g/mol. The van der Waals surface area contributed by atoms with Gasteiger partial charge in [0.2, 0.25) is 5.96 Å². The maximum atomic E-state index is 12.8. The van der Waals surface area contributed by atoms with Crippen LogP contribution >= 0.6 is 0 Å². The molecule has 33 heavy (non-hydrogen) atoms. The minimum atomic E-state index is -0.652. The summed E-state index contributed by atoms with van der Waals surface area (Å²) in [6.07, 6.45) is 4.39. The van der Waals surface area contributed by atoms with E-state index in [4.69, 9.17) is 10.1 Å². The molecule has 4 rings (SSSR count). The first-order valence-corrected chi connectivity index (χ1v) is 11.6. The quantitative estimate of drug-likeness (QED) is 0.534. The Labute approximate surface area is 191 Å². The van der Waals surface area contributed by atoms with Crippen molar-refractivity contribution in [1.29, 1.82) is 5.41 Å². The van der Waals surface area contributed by atoms with E-state index in [1.54, 1.807) is 11.2 Å². The highest BCUT2D eigenvalue weighted by Gasteiger charge is 2.45. The molecule has 4 heterocycles. The third-order valence-corrected chi connectivity index (χ3v) is 6.60. The van der Waals surface area contributed by atoms with Crippen LogP contribution in [-0.4, -0.2) is 71.7 Å². The molecule has 2 fully saturated rings. The minimum Gasteiger partial charge on any atom is -0.444 e. The molecular formula is C22H33N7O4. The van der Waals surface area contributed by atoms with Crippen LogP contribution in [0.1, 0.15) is 66.3 Å². The fourth-order valence-corrected chi connectivity index (χ4v) is 5.16. The molecule has 2 N–H and O–H groups in total. The number of amides is 1. The second-order valence-corrected chi connectivity index (χ2v) is 9.81. The molecule has 0 aromatic carbocycles. The second-order valence-electron chi connectivity index (χ2n) is 9.81. The van der Waals surface area contributed by atoms with Gasteiger partial charge in [0, 0.05) is 31.2 Å². The lowest BCUT2D eigenvalue weighted by Crippen LogP contribution is -2.49. The summed E-state index contributed by atoms with van der Waals surface area (Å²) in [5.74, 6) is 0.00200. The molecule has 2 atom stereocenters. The van der Waals surface area contributed by atoms with E-state index in [1.807, 2.05) is 44.1 Å². The van der Waals surface area contributed by atoms with E-state index < -0.39 is 16.9 Å². The number of imidazole rings is 1. The fraction of sp³-hybridized carbons (Fsp3) is 0.682. The average Bonchev–Trinajstić information content (AvgIpc) is 3.27. The van der Waals surface area contributed by atoms with Crippen molar-refractivity contribution < 1.29 is 9.53 Å². The Balaban J connectivity index is 1.72. The molecule has 11 heteroatoms. The van der Waals surface area contributed by atoms with Crippen LogP contribution in [0.5, 0.6) is 0 Å². The number of carbonyl (C=O) groups is 1. The Morgan fingerprint density at radius 2 is 1.79 bits per heavy atom. The number of fused-ring (bicyclic) bond motifs is 3. The fourth-order valence-electron chi connectivity index (χ4n) is 5.16. The van der Waals surface area contributed by atoms with Crippen LogP contribution in [0, 0.1) is 5.41 Å². The highest BCUT2D eigenvalue weighted by atomic mass is 16.6. The highest BCUT2D eigenvalue weighted by Crippen LogP contribution is 2.42. The summed E-state index contributed by atoms with van der Waals surface area (Å²) in [7, 11) is 0. The van der Waals surface area contributed by atoms with Crippen LogP contribution < -0.4 is 11.2 Å². The number of carbonyl (C=O) groups excluding carboxylic acids is 1. The zero-order valence-electron chi connectivity index (χ0n) is 19.9. The van der Waals surface area contributed by atoms with Crippen molar-refractivity contribution >= 4 is 23.2 Å². The molecule has 2 aromatic heterocycles. The summed E-state index contributed by atoms with van der Waals surface area (Å²) < 4.78 is 8.71. The van der Waals surface area contributed by atoms with E-state index in [0.717, 1.165) is 12.8 Å². The minimum absolute atomic E-state index is 0.00200. The van der Waals surface area contributed by atoms with Crippen LogP contribution in [0.15, 0.2) is 15.9 Å². The number of hydrogen-bond acceptors (Lipinski definition) is 6. The van der Waals surface area contributed by atoms with E-state index >= 15 is 0 Å². The van der Waals surface area contributed by atoms with Crippen LogP contribution in [0.4, 0.5) is 4.79 Å². The van der Waals surface area contributed by atoms with Gasteiger partial charge < -0.3 is 19.1 Å². The monoisotopic (exact) mass is 459 g/mol. The number of nitrogens with one attached hydrogen (secondary N) is 2. The van der Waals surface area contributed by atoms with Gasteiger partial charge in [0.05, 0.1) is 6.33 Å². The Bertz CT molecular complexity index is 1170. The average molecular weight is 460 g/mol. The summed E-state index contributed by atoms with van der Waals surface area (Å²) in [4.78, 5) is 48.3. The number of aromatic amines is 1. The van der Waals surface area contributed by atoms with Crippen LogP contribution in [0.3, 0.4) is 0 Å². The predicted molar refractivity (Wildman–Crippen MR) is 124 cm³/mol. The SMILES string of the molecule is CCN(CC)C(=N)n1c(=O)[nH]c(=O)c2ncn(C3CC4CCC(C3)N4C(=O)OC(C)(C)C)c21. The molecule has 2 aliphatic heterocycles. The van der Waals surface area contributed by atoms with Gasteiger partial charge >= 0.3 is 11.8 Å². The zero-order valence-corrected chi connectivity index (χ0v) is 19.9. The van der Waals surface area contributed by atoms with Gasteiger partial charge in [0.25, 0.3) is 5.56 Å². The lowest BCUT2D eigenvalue weighted by atomic mass is 9.97. The first kappa shape index (κ1) is 23.1. The van der Waals surface area contributed by atoms with Crippen LogP contribution in [0.2, 0.25) is 0 Å². The molecule has 2 bridgehead atoms. The van der Waals surface area contributed by atoms with Gasteiger partial charge in [0.1, 0.15) is 5.60 Å². The molecule has 0 radical (unpaired) electrons. The summed E-state index contributed by atoms with van der Waals surface area (Å²) in [5, 5.41) is 8.65. The molecule has 1 amide bonds. The van der Waals surface area contributed by atoms with Crippen LogP contribution in [0.25, 0.3) is 11.2 Å². The Morgan fingerprint density at radius 3 is 2.33 bits per heavy atom. The maximum absolute atomic E-state index is 12.8. The first-order chi connectivity index (χ1) is 15.6. The van der Waals surface area contributed by atoms with E-state index in [0.29, 0.717) is 31.6 Å². The number of aromatic nitrogens is 4. The second kappa shape index (κ2) is 8.35. The summed E-state index contributed by atoms with van der Waals surface area (Å²) in [6, 6.07) is -0.0148. The maximum Gasteiger partial charge on any atom is 0.410 e. The number of rotatable bonds is 3. The Hall–Kier alpha value is -3.11. The highest BCUT2D eigenvalue weighted by molar-refractivity contribution is 5.87. The summed E-state index contributed by atoms with van der Waals surface area (Å²) in [5.41, 5.74) is -1.31. The van der Waals surface area contributed by atoms with Crippen molar-refractivity contribution in [3.8, 4) is 0 Å². The van der Waals surface area contributed by atoms with E-state index in [2.05, 4.69) is 9.97 Å². The molecule has 0 aliphatic carbocycles. The number of hydrogen-bond donors (Lipinski definition) is 2. The Morgan fingerprint density at radius 1 is 1.18 bits per heavy atom. The third-order valence-electron chi connectivity index (χ3n) is 6.60. The van der Waals surface area contributed by atoms with Gasteiger partial charge in [-0.15, -0.1) is 0 Å². The topological polar surface area (TPSA) is 129 Å². The van der Waals surface area contributed by atoms with E-state index in [9.17, 15) is 14.4 Å². The van der Waals surface area contributed by atoms with Crippen molar-refractivity contribution in [3.05, 3.63) is 27.2 Å². The third kappa shape index (κ3) is 4.04. The first-order valence-electron chi connectivity index (χ1n) is 11.6. The van der Waals surface area contributed by atoms with Crippen molar-refractivity contribution in [2.24, 2.45) is 0 Å². The molecule has 2 aromatic rings. The molecule has 180 valence electrons. The van der Waals surface area contributed by atoms with Gasteiger partial charge in [-0.25, -0.2) is 19.1 Å². The van der Waals surface area contributed by atoms with Crippen molar-refractivity contribution in [1.82, 2.24) is 28.9 Å². The smallest absolute Gasteiger partial charge is 0.410 e.